The summed E-state index contributed by atoms with van der Waals surface area (Å²) in [5, 5.41) is 7.12. The van der Waals surface area contributed by atoms with Crippen molar-refractivity contribution in [1.29, 1.82) is 0 Å². The van der Waals surface area contributed by atoms with E-state index in [1.165, 1.54) is 6.42 Å². The van der Waals surface area contributed by atoms with Crippen LogP contribution in [0.25, 0.3) is 0 Å². The highest BCUT2D eigenvalue weighted by Crippen LogP contribution is 2.42. The Morgan fingerprint density at radius 1 is 1.30 bits per heavy atom. The van der Waals surface area contributed by atoms with Gasteiger partial charge < -0.3 is 19.6 Å². The summed E-state index contributed by atoms with van der Waals surface area (Å²) in [4.78, 5) is 30.1. The molecule has 1 N–H and O–H groups in total. The minimum Gasteiger partial charge on any atom is -0.475 e. The van der Waals surface area contributed by atoms with Crippen LogP contribution >= 0.6 is 0 Å². The van der Waals surface area contributed by atoms with Gasteiger partial charge in [0.15, 0.2) is 0 Å². The van der Waals surface area contributed by atoms with Crippen LogP contribution in [0.2, 0.25) is 0 Å². The summed E-state index contributed by atoms with van der Waals surface area (Å²) >= 11 is 0. The number of carboxylic acids is 1. The van der Waals surface area contributed by atoms with Gasteiger partial charge in [-0.25, -0.2) is 4.79 Å². The highest BCUT2D eigenvalue weighted by atomic mass is 19.4. The minimum atomic E-state index is -5.08. The number of piperidine rings is 1. The lowest BCUT2D eigenvalue weighted by Gasteiger charge is -2.39. The van der Waals surface area contributed by atoms with E-state index >= 15 is 0 Å². The Bertz CT molecular complexity index is 732. The second kappa shape index (κ2) is 9.74. The van der Waals surface area contributed by atoms with Gasteiger partial charge in [-0.1, -0.05) is 6.07 Å². The van der Waals surface area contributed by atoms with E-state index < -0.39 is 12.1 Å². The Balaban J connectivity index is 0.000000396. The van der Waals surface area contributed by atoms with E-state index in [-0.39, 0.29) is 5.91 Å². The van der Waals surface area contributed by atoms with Gasteiger partial charge in [0.25, 0.3) is 5.91 Å². The normalized spacial score (nSPS) is 21.3. The van der Waals surface area contributed by atoms with E-state index in [1.54, 1.807) is 13.3 Å². The lowest BCUT2D eigenvalue weighted by atomic mass is 9.76. The van der Waals surface area contributed by atoms with Crippen molar-refractivity contribution < 1.29 is 32.6 Å². The molecule has 168 valence electrons. The van der Waals surface area contributed by atoms with Crippen molar-refractivity contribution in [3.8, 4) is 0 Å². The molecule has 0 radical (unpaired) electrons. The SMILES string of the molecule is COCC1CC2(CCN(C(=O)c3ccc(C)cn3)CC2)CN1C.O=C(O)C(F)(F)F. The molecule has 1 aromatic heterocycles. The summed E-state index contributed by atoms with van der Waals surface area (Å²) in [5.74, 6) is -2.69. The fourth-order valence-electron chi connectivity index (χ4n) is 4.06. The van der Waals surface area contributed by atoms with E-state index in [0.29, 0.717) is 17.2 Å². The number of aromatic nitrogens is 1. The fourth-order valence-corrected chi connectivity index (χ4v) is 4.06. The number of halogens is 3. The molecule has 1 amide bonds. The summed E-state index contributed by atoms with van der Waals surface area (Å²) in [6.07, 6.45) is 0.0202. The van der Waals surface area contributed by atoms with E-state index in [9.17, 15) is 18.0 Å². The van der Waals surface area contributed by atoms with Gasteiger partial charge in [0.1, 0.15) is 5.69 Å². The fraction of sp³-hybridized carbons (Fsp3) is 0.650. The first-order chi connectivity index (χ1) is 14.0. The van der Waals surface area contributed by atoms with Crippen LogP contribution < -0.4 is 0 Å². The molecule has 0 aromatic carbocycles. The molecule has 1 unspecified atom stereocenters. The molecule has 10 heteroatoms. The zero-order valence-corrected chi connectivity index (χ0v) is 17.4. The van der Waals surface area contributed by atoms with Crippen LogP contribution in [0.1, 0.15) is 35.3 Å². The molecule has 3 heterocycles. The maximum atomic E-state index is 12.6. The lowest BCUT2D eigenvalue weighted by molar-refractivity contribution is -0.192. The third-order valence-corrected chi connectivity index (χ3v) is 5.72. The molecular formula is C20H28F3N3O4. The number of likely N-dealkylation sites (N-methyl/N-ethyl adjacent to an activating group) is 1. The van der Waals surface area contributed by atoms with Crippen LogP contribution in [0.5, 0.6) is 0 Å². The molecule has 1 spiro atoms. The molecular weight excluding hydrogens is 403 g/mol. The number of hydrogen-bond acceptors (Lipinski definition) is 5. The molecule has 2 aliphatic rings. The van der Waals surface area contributed by atoms with Crippen molar-refractivity contribution >= 4 is 11.9 Å². The van der Waals surface area contributed by atoms with Gasteiger partial charge in [0.05, 0.1) is 6.61 Å². The molecule has 2 aliphatic heterocycles. The van der Waals surface area contributed by atoms with Gasteiger partial charge in [-0.05, 0) is 50.3 Å². The number of carbonyl (C=O) groups is 2. The van der Waals surface area contributed by atoms with Crippen molar-refractivity contribution in [2.75, 3.05) is 40.4 Å². The lowest BCUT2D eigenvalue weighted by Crippen LogP contribution is -2.44. The van der Waals surface area contributed by atoms with Crippen molar-refractivity contribution in [1.82, 2.24) is 14.8 Å². The van der Waals surface area contributed by atoms with Gasteiger partial charge in [-0.2, -0.15) is 13.2 Å². The Morgan fingerprint density at radius 2 is 1.90 bits per heavy atom. The zero-order valence-electron chi connectivity index (χ0n) is 17.4. The van der Waals surface area contributed by atoms with E-state index in [1.807, 2.05) is 24.0 Å². The van der Waals surface area contributed by atoms with Gasteiger partial charge in [0, 0.05) is 39.0 Å². The second-order valence-corrected chi connectivity index (χ2v) is 8.04. The number of carboxylic acid groups (broad SMARTS) is 1. The Labute approximate surface area is 173 Å². The third-order valence-electron chi connectivity index (χ3n) is 5.72. The van der Waals surface area contributed by atoms with Crippen LogP contribution in [0.3, 0.4) is 0 Å². The zero-order chi connectivity index (χ0) is 22.5. The molecule has 0 bridgehead atoms. The number of alkyl halides is 3. The van der Waals surface area contributed by atoms with Gasteiger partial charge in [0.2, 0.25) is 0 Å². The van der Waals surface area contributed by atoms with Gasteiger partial charge in [-0.3, -0.25) is 9.78 Å². The minimum absolute atomic E-state index is 0.0691. The third kappa shape index (κ3) is 6.15. The second-order valence-electron chi connectivity index (χ2n) is 8.04. The average Bonchev–Trinajstić information content (AvgIpc) is 2.97. The number of aryl methyl sites for hydroxylation is 1. The quantitative estimate of drug-likeness (QED) is 0.792. The van der Waals surface area contributed by atoms with Gasteiger partial charge in [-0.15, -0.1) is 0 Å². The Kier molecular flexibility index (Phi) is 7.81. The first-order valence-corrected chi connectivity index (χ1v) is 9.69. The molecule has 0 saturated carbocycles. The molecule has 3 rings (SSSR count). The first-order valence-electron chi connectivity index (χ1n) is 9.69. The number of nitrogens with zero attached hydrogens (tertiary/aromatic N) is 3. The first kappa shape index (κ1) is 24.1. The highest BCUT2D eigenvalue weighted by molar-refractivity contribution is 5.92. The number of likely N-dealkylation sites (tertiary alicyclic amines) is 2. The molecule has 2 saturated heterocycles. The average molecular weight is 431 g/mol. The number of carbonyl (C=O) groups excluding carboxylic acids is 1. The molecule has 7 nitrogen and oxygen atoms in total. The van der Waals surface area contributed by atoms with Crippen molar-refractivity contribution in [2.45, 2.75) is 38.4 Å². The number of amides is 1. The topological polar surface area (TPSA) is 83.0 Å². The standard InChI is InChI=1S/C18H27N3O2.C2HF3O2/c1-14-4-5-16(19-11-14)17(22)21-8-6-18(7-9-21)10-15(12-23-3)20(2)13-18;3-2(4,5)1(6)7/h4-5,11,15H,6-10,12-13H2,1-3H3;(H,6,7). The maximum absolute atomic E-state index is 12.6. The van der Waals surface area contributed by atoms with Crippen LogP contribution in [-0.4, -0.2) is 84.4 Å². The van der Waals surface area contributed by atoms with Crippen molar-refractivity contribution in [3.63, 3.8) is 0 Å². The maximum Gasteiger partial charge on any atom is 0.490 e. The van der Waals surface area contributed by atoms with Gasteiger partial charge >= 0.3 is 12.1 Å². The van der Waals surface area contributed by atoms with Crippen LogP contribution in [0.15, 0.2) is 18.3 Å². The van der Waals surface area contributed by atoms with E-state index in [4.69, 9.17) is 14.6 Å². The molecule has 30 heavy (non-hydrogen) atoms. The summed E-state index contributed by atoms with van der Waals surface area (Å²) in [6.45, 7) is 5.57. The van der Waals surface area contributed by atoms with E-state index in [0.717, 1.165) is 44.6 Å². The summed E-state index contributed by atoms with van der Waals surface area (Å²) < 4.78 is 37.1. The van der Waals surface area contributed by atoms with Crippen LogP contribution in [0.4, 0.5) is 13.2 Å². The molecule has 2 fully saturated rings. The Morgan fingerprint density at radius 3 is 2.37 bits per heavy atom. The Hall–Kier alpha value is -2.20. The number of aliphatic carboxylic acids is 1. The number of pyridine rings is 1. The molecule has 0 aliphatic carbocycles. The summed E-state index contributed by atoms with van der Waals surface area (Å²) in [5.41, 5.74) is 2.00. The highest BCUT2D eigenvalue weighted by Gasteiger charge is 2.44. The monoisotopic (exact) mass is 431 g/mol. The van der Waals surface area contributed by atoms with Crippen molar-refractivity contribution in [2.24, 2.45) is 5.41 Å². The largest absolute Gasteiger partial charge is 0.490 e. The number of hydrogen-bond donors (Lipinski definition) is 1. The number of ether oxygens (including phenoxy) is 1. The summed E-state index contributed by atoms with van der Waals surface area (Å²) in [7, 11) is 3.96. The molecule has 1 aromatic rings. The molecule has 1 atom stereocenters. The van der Waals surface area contributed by atoms with Crippen LogP contribution in [0, 0.1) is 12.3 Å². The smallest absolute Gasteiger partial charge is 0.475 e. The predicted octanol–water partition coefficient (Wildman–Crippen LogP) is 2.60. The van der Waals surface area contributed by atoms with Crippen LogP contribution in [-0.2, 0) is 9.53 Å². The van der Waals surface area contributed by atoms with E-state index in [2.05, 4.69) is 16.9 Å². The predicted molar refractivity (Wildman–Crippen MR) is 103 cm³/mol. The number of methoxy groups -OCH3 is 1. The summed E-state index contributed by atoms with van der Waals surface area (Å²) in [6, 6.07) is 4.30. The number of rotatable bonds is 3. The van der Waals surface area contributed by atoms with Crippen molar-refractivity contribution in [3.05, 3.63) is 29.6 Å².